The van der Waals surface area contributed by atoms with E-state index in [9.17, 15) is 5.11 Å². The van der Waals surface area contributed by atoms with Crippen LogP contribution in [0.5, 0.6) is 0 Å². The van der Waals surface area contributed by atoms with Crippen molar-refractivity contribution in [3.63, 3.8) is 0 Å². The quantitative estimate of drug-likeness (QED) is 0.841. The molecule has 1 saturated heterocycles. The topological polar surface area (TPSA) is 49.7 Å². The minimum absolute atomic E-state index is 0.0603. The van der Waals surface area contributed by atoms with Crippen LogP contribution in [0.2, 0.25) is 0 Å². The van der Waals surface area contributed by atoms with Gasteiger partial charge in [0.2, 0.25) is 0 Å². The third-order valence-corrected chi connectivity index (χ3v) is 3.77. The molecule has 1 aliphatic heterocycles. The average Bonchev–Trinajstić information content (AvgIpc) is 2.62. The standard InChI is InChI=1S/C12H16O3S/c1-8-2-4-9(5-3-8)16-12-6-10(14)11(7-13)15-12/h2-5,10-14H,6-7H2,1H3/t10-,11+,12?/m0/s1. The molecule has 0 spiro atoms. The summed E-state index contributed by atoms with van der Waals surface area (Å²) in [6.07, 6.45) is -0.403. The van der Waals surface area contributed by atoms with Crippen LogP contribution in [0, 0.1) is 6.92 Å². The number of rotatable bonds is 3. The molecule has 0 radical (unpaired) electrons. The van der Waals surface area contributed by atoms with Crippen molar-refractivity contribution in [2.75, 3.05) is 6.61 Å². The molecule has 3 atom stereocenters. The monoisotopic (exact) mass is 240 g/mol. The van der Waals surface area contributed by atoms with Crippen LogP contribution in [0.3, 0.4) is 0 Å². The van der Waals surface area contributed by atoms with Crippen LogP contribution in [-0.2, 0) is 4.74 Å². The summed E-state index contributed by atoms with van der Waals surface area (Å²) >= 11 is 1.59. The molecule has 4 heteroatoms. The maximum Gasteiger partial charge on any atom is 0.110 e. The minimum atomic E-state index is -0.548. The van der Waals surface area contributed by atoms with Gasteiger partial charge in [-0.05, 0) is 19.1 Å². The maximum absolute atomic E-state index is 9.58. The van der Waals surface area contributed by atoms with Gasteiger partial charge in [-0.3, -0.25) is 0 Å². The van der Waals surface area contributed by atoms with Gasteiger partial charge >= 0.3 is 0 Å². The number of aliphatic hydroxyl groups excluding tert-OH is 2. The van der Waals surface area contributed by atoms with Gasteiger partial charge in [0.05, 0.1) is 12.7 Å². The molecule has 0 amide bonds. The molecule has 1 aromatic carbocycles. The van der Waals surface area contributed by atoms with Crippen molar-refractivity contribution in [1.82, 2.24) is 0 Å². The largest absolute Gasteiger partial charge is 0.394 e. The molecule has 1 aromatic rings. The lowest BCUT2D eigenvalue weighted by Gasteiger charge is -2.11. The molecule has 2 N–H and O–H groups in total. The zero-order valence-corrected chi connectivity index (χ0v) is 9.98. The van der Waals surface area contributed by atoms with E-state index in [1.807, 2.05) is 19.1 Å². The van der Waals surface area contributed by atoms with E-state index in [0.717, 1.165) is 4.90 Å². The molecular weight excluding hydrogens is 224 g/mol. The van der Waals surface area contributed by atoms with Gasteiger partial charge in [-0.1, -0.05) is 29.5 Å². The fourth-order valence-electron chi connectivity index (χ4n) is 1.70. The van der Waals surface area contributed by atoms with Gasteiger partial charge in [-0.25, -0.2) is 0 Å². The summed E-state index contributed by atoms with van der Waals surface area (Å²) in [4.78, 5) is 1.13. The Morgan fingerprint density at radius 2 is 2.06 bits per heavy atom. The predicted molar refractivity (Wildman–Crippen MR) is 63.4 cm³/mol. The van der Waals surface area contributed by atoms with E-state index in [-0.39, 0.29) is 12.0 Å². The molecule has 3 nitrogen and oxygen atoms in total. The first-order valence-corrected chi connectivity index (χ1v) is 6.24. The molecule has 1 aliphatic rings. The highest BCUT2D eigenvalue weighted by Crippen LogP contribution is 2.33. The number of aliphatic hydroxyl groups is 2. The normalized spacial score (nSPS) is 29.6. The van der Waals surface area contributed by atoms with Crippen molar-refractivity contribution in [3.8, 4) is 0 Å². The van der Waals surface area contributed by atoms with Gasteiger partial charge in [0.25, 0.3) is 0 Å². The van der Waals surface area contributed by atoms with Crippen molar-refractivity contribution < 1.29 is 14.9 Å². The summed E-state index contributed by atoms with van der Waals surface area (Å²) in [5.74, 6) is 0. The molecule has 16 heavy (non-hydrogen) atoms. The Kier molecular flexibility index (Phi) is 3.86. The minimum Gasteiger partial charge on any atom is -0.394 e. The van der Waals surface area contributed by atoms with E-state index in [0.29, 0.717) is 6.42 Å². The first-order chi connectivity index (χ1) is 7.69. The van der Waals surface area contributed by atoms with Crippen molar-refractivity contribution in [1.29, 1.82) is 0 Å². The highest BCUT2D eigenvalue weighted by atomic mass is 32.2. The molecule has 0 saturated carbocycles. The lowest BCUT2D eigenvalue weighted by atomic mass is 10.2. The number of hydrogen-bond donors (Lipinski definition) is 2. The SMILES string of the molecule is Cc1ccc(SC2C[C@H](O)[C@@H](CO)O2)cc1. The van der Waals surface area contributed by atoms with E-state index in [2.05, 4.69) is 12.1 Å². The van der Waals surface area contributed by atoms with Crippen molar-refractivity contribution in [3.05, 3.63) is 29.8 Å². The summed E-state index contributed by atoms with van der Waals surface area (Å²) in [7, 11) is 0. The summed E-state index contributed by atoms with van der Waals surface area (Å²) in [6.45, 7) is 1.93. The smallest absolute Gasteiger partial charge is 0.110 e. The number of aryl methyl sites for hydroxylation is 1. The van der Waals surface area contributed by atoms with Crippen molar-refractivity contribution in [2.24, 2.45) is 0 Å². The molecule has 0 aliphatic carbocycles. The van der Waals surface area contributed by atoms with E-state index in [4.69, 9.17) is 9.84 Å². The zero-order chi connectivity index (χ0) is 11.5. The summed E-state index contributed by atoms with van der Waals surface area (Å²) in [6, 6.07) is 8.19. The first-order valence-electron chi connectivity index (χ1n) is 5.37. The third kappa shape index (κ3) is 2.77. The number of ether oxygens (including phenoxy) is 1. The van der Waals surface area contributed by atoms with E-state index in [1.54, 1.807) is 11.8 Å². The third-order valence-electron chi connectivity index (χ3n) is 2.66. The Bertz CT molecular complexity index is 339. The van der Waals surface area contributed by atoms with Crippen molar-refractivity contribution >= 4 is 11.8 Å². The molecule has 1 heterocycles. The summed E-state index contributed by atoms with van der Waals surface area (Å²) in [5, 5.41) is 18.5. The molecule has 1 unspecified atom stereocenters. The Labute approximate surface area is 99.4 Å². The van der Waals surface area contributed by atoms with Gasteiger partial charge in [-0.15, -0.1) is 0 Å². The second-order valence-electron chi connectivity index (χ2n) is 4.02. The summed E-state index contributed by atoms with van der Waals surface area (Å²) in [5.41, 5.74) is 1.17. The van der Waals surface area contributed by atoms with Crippen LogP contribution < -0.4 is 0 Å². The van der Waals surface area contributed by atoms with E-state index in [1.165, 1.54) is 5.56 Å². The summed E-state index contributed by atoms with van der Waals surface area (Å²) < 4.78 is 5.52. The molecule has 88 valence electrons. The molecule has 0 aromatic heterocycles. The first kappa shape index (κ1) is 11.9. The fourth-order valence-corrected chi connectivity index (χ4v) is 2.79. The number of thioether (sulfide) groups is 1. The van der Waals surface area contributed by atoms with Crippen LogP contribution in [-0.4, -0.2) is 34.5 Å². The second-order valence-corrected chi connectivity index (χ2v) is 5.25. The van der Waals surface area contributed by atoms with Crippen molar-refractivity contribution in [2.45, 2.75) is 35.9 Å². The Balaban J connectivity index is 1.94. The van der Waals surface area contributed by atoms with Crippen LogP contribution in [0.25, 0.3) is 0 Å². The zero-order valence-electron chi connectivity index (χ0n) is 9.17. The second kappa shape index (κ2) is 5.19. The molecular formula is C12H16O3S. The van der Waals surface area contributed by atoms with Crippen LogP contribution >= 0.6 is 11.8 Å². The Hall–Kier alpha value is -0.550. The Morgan fingerprint density at radius 1 is 1.38 bits per heavy atom. The maximum atomic E-state index is 9.58. The van der Waals surface area contributed by atoms with Crippen LogP contribution in [0.1, 0.15) is 12.0 Å². The highest BCUT2D eigenvalue weighted by molar-refractivity contribution is 7.99. The number of benzene rings is 1. The predicted octanol–water partition coefficient (Wildman–Crippen LogP) is 1.56. The Morgan fingerprint density at radius 3 is 2.62 bits per heavy atom. The fraction of sp³-hybridized carbons (Fsp3) is 0.500. The van der Waals surface area contributed by atoms with E-state index >= 15 is 0 Å². The van der Waals surface area contributed by atoms with E-state index < -0.39 is 12.2 Å². The average molecular weight is 240 g/mol. The highest BCUT2D eigenvalue weighted by Gasteiger charge is 2.33. The van der Waals surface area contributed by atoms with Crippen LogP contribution in [0.4, 0.5) is 0 Å². The number of hydrogen-bond acceptors (Lipinski definition) is 4. The van der Waals surface area contributed by atoms with Gasteiger partial charge in [0.15, 0.2) is 0 Å². The lowest BCUT2D eigenvalue weighted by Crippen LogP contribution is -2.24. The van der Waals surface area contributed by atoms with Gasteiger partial charge < -0.3 is 14.9 Å². The molecule has 1 fully saturated rings. The van der Waals surface area contributed by atoms with Gasteiger partial charge in [-0.2, -0.15) is 0 Å². The molecule has 2 rings (SSSR count). The lowest BCUT2D eigenvalue weighted by molar-refractivity contribution is -0.00249. The van der Waals surface area contributed by atoms with Gasteiger partial charge in [0, 0.05) is 11.3 Å². The molecule has 0 bridgehead atoms. The van der Waals surface area contributed by atoms with Crippen LogP contribution in [0.15, 0.2) is 29.2 Å². The van der Waals surface area contributed by atoms with Gasteiger partial charge in [0.1, 0.15) is 11.5 Å².